The Labute approximate surface area is 136 Å². The summed E-state index contributed by atoms with van der Waals surface area (Å²) in [6.45, 7) is 0.667. The van der Waals surface area contributed by atoms with Gasteiger partial charge < -0.3 is 9.47 Å². The van der Waals surface area contributed by atoms with Gasteiger partial charge in [-0.05, 0) is 40.5 Å². The van der Waals surface area contributed by atoms with Crippen molar-refractivity contribution < 1.29 is 9.47 Å². The van der Waals surface area contributed by atoms with E-state index in [2.05, 4.69) is 31.4 Å². The van der Waals surface area contributed by atoms with E-state index < -0.39 is 0 Å². The molecule has 4 nitrogen and oxygen atoms in total. The van der Waals surface area contributed by atoms with E-state index in [9.17, 15) is 0 Å². The lowest BCUT2D eigenvalue weighted by atomic mass is 9.90. The minimum atomic E-state index is 0.212. The van der Waals surface area contributed by atoms with Gasteiger partial charge in [0.1, 0.15) is 11.4 Å². The molecule has 0 saturated carbocycles. The molecule has 1 aliphatic rings. The lowest BCUT2D eigenvalue weighted by Gasteiger charge is -2.24. The molecule has 1 unspecified atom stereocenters. The third kappa shape index (κ3) is 2.08. The molecular formula is C17H15BrN2O2. The summed E-state index contributed by atoms with van der Waals surface area (Å²) < 4.78 is 14.5. The molecule has 112 valence electrons. The van der Waals surface area contributed by atoms with Crippen LogP contribution in [0.1, 0.15) is 23.6 Å². The molecule has 0 N–H and O–H groups in total. The highest BCUT2D eigenvalue weighted by Crippen LogP contribution is 2.41. The number of fused-ring (bicyclic) bond motifs is 3. The van der Waals surface area contributed by atoms with Crippen LogP contribution in [0.4, 0.5) is 0 Å². The average Bonchev–Trinajstić information content (AvgIpc) is 2.92. The van der Waals surface area contributed by atoms with Crippen molar-refractivity contribution in [2.75, 3.05) is 13.7 Å². The summed E-state index contributed by atoms with van der Waals surface area (Å²) in [5.41, 5.74) is 3.17. The number of halogens is 1. The summed E-state index contributed by atoms with van der Waals surface area (Å²) in [5.74, 6) is 1.84. The van der Waals surface area contributed by atoms with Crippen molar-refractivity contribution in [3.63, 3.8) is 0 Å². The van der Waals surface area contributed by atoms with Crippen LogP contribution in [-0.4, -0.2) is 23.1 Å². The Kier molecular flexibility index (Phi) is 3.30. The Morgan fingerprint density at radius 1 is 1.27 bits per heavy atom. The first kappa shape index (κ1) is 13.6. The van der Waals surface area contributed by atoms with Crippen molar-refractivity contribution in [1.29, 1.82) is 0 Å². The second-order valence-corrected chi connectivity index (χ2v) is 6.23. The molecule has 22 heavy (non-hydrogen) atoms. The van der Waals surface area contributed by atoms with Gasteiger partial charge in [0.15, 0.2) is 0 Å². The van der Waals surface area contributed by atoms with Gasteiger partial charge in [0.25, 0.3) is 0 Å². The summed E-state index contributed by atoms with van der Waals surface area (Å²) in [5, 5.41) is 0. The molecule has 0 amide bonds. The van der Waals surface area contributed by atoms with Gasteiger partial charge in [-0.1, -0.05) is 18.2 Å². The Morgan fingerprint density at radius 3 is 3.00 bits per heavy atom. The maximum absolute atomic E-state index is 5.79. The Bertz CT molecular complexity index is 844. The van der Waals surface area contributed by atoms with Crippen LogP contribution in [-0.2, 0) is 0 Å². The molecule has 2 aromatic heterocycles. The monoisotopic (exact) mass is 358 g/mol. The van der Waals surface area contributed by atoms with Crippen LogP contribution in [0.3, 0.4) is 0 Å². The highest BCUT2D eigenvalue weighted by Gasteiger charge is 2.30. The molecule has 1 aromatic carbocycles. The van der Waals surface area contributed by atoms with Crippen LogP contribution in [0.15, 0.2) is 47.1 Å². The zero-order chi connectivity index (χ0) is 15.1. The number of ether oxygens (including phenoxy) is 2. The van der Waals surface area contributed by atoms with Crippen molar-refractivity contribution in [3.8, 4) is 11.6 Å². The smallest absolute Gasteiger partial charge is 0.236 e. The third-order valence-electron chi connectivity index (χ3n) is 4.08. The lowest BCUT2D eigenvalue weighted by molar-refractivity contribution is 0.264. The number of hydrogen-bond acceptors (Lipinski definition) is 3. The third-order valence-corrected chi connectivity index (χ3v) is 4.54. The molecule has 0 saturated heterocycles. The van der Waals surface area contributed by atoms with Crippen LogP contribution in [0.5, 0.6) is 11.6 Å². The van der Waals surface area contributed by atoms with E-state index in [1.807, 2.05) is 36.5 Å². The Balaban J connectivity index is 1.95. The summed E-state index contributed by atoms with van der Waals surface area (Å²) in [6, 6.07) is 12.1. The topological polar surface area (TPSA) is 35.8 Å². The van der Waals surface area contributed by atoms with Gasteiger partial charge in [-0.2, -0.15) is 4.98 Å². The number of benzene rings is 1. The Hall–Kier alpha value is -2.01. The largest absolute Gasteiger partial charge is 0.496 e. The van der Waals surface area contributed by atoms with Gasteiger partial charge in [-0.15, -0.1) is 0 Å². The number of para-hydroxylation sites is 1. The normalized spacial score (nSPS) is 17.1. The van der Waals surface area contributed by atoms with Crippen molar-refractivity contribution in [2.24, 2.45) is 0 Å². The van der Waals surface area contributed by atoms with E-state index in [-0.39, 0.29) is 5.92 Å². The summed E-state index contributed by atoms with van der Waals surface area (Å²) in [4.78, 5) is 4.60. The maximum Gasteiger partial charge on any atom is 0.236 e. The van der Waals surface area contributed by atoms with Crippen molar-refractivity contribution >= 4 is 21.6 Å². The maximum atomic E-state index is 5.79. The minimum absolute atomic E-state index is 0.212. The van der Waals surface area contributed by atoms with Crippen molar-refractivity contribution in [1.82, 2.24) is 9.38 Å². The predicted octanol–water partition coefficient (Wildman–Crippen LogP) is 4.02. The molecule has 3 heterocycles. The van der Waals surface area contributed by atoms with Crippen LogP contribution < -0.4 is 9.47 Å². The highest BCUT2D eigenvalue weighted by atomic mass is 79.9. The molecule has 1 aliphatic heterocycles. The first-order valence-electron chi connectivity index (χ1n) is 7.21. The first-order chi connectivity index (χ1) is 10.8. The zero-order valence-corrected chi connectivity index (χ0v) is 13.7. The second kappa shape index (κ2) is 5.32. The molecule has 0 bridgehead atoms. The number of hydrogen-bond donors (Lipinski definition) is 0. The zero-order valence-electron chi connectivity index (χ0n) is 12.1. The van der Waals surface area contributed by atoms with Crippen LogP contribution in [0.25, 0.3) is 5.65 Å². The summed E-state index contributed by atoms with van der Waals surface area (Å²) in [7, 11) is 1.71. The molecule has 3 aromatic rings. The van der Waals surface area contributed by atoms with Crippen LogP contribution in [0, 0.1) is 0 Å². The lowest BCUT2D eigenvalue weighted by Crippen LogP contribution is -2.17. The molecule has 0 spiro atoms. The van der Waals surface area contributed by atoms with Crippen molar-refractivity contribution in [3.05, 3.63) is 58.3 Å². The standard InChI is InChI=1S/C17H15BrN2O2/c1-21-14-5-3-2-4-12(14)13-8-9-22-17-16(13)20-10-11(18)6-7-15(20)19-17/h2-7,10,13H,8-9H2,1H3. The van der Waals surface area contributed by atoms with Crippen LogP contribution >= 0.6 is 15.9 Å². The van der Waals surface area contributed by atoms with E-state index in [1.54, 1.807) is 7.11 Å². The Morgan fingerprint density at radius 2 is 2.14 bits per heavy atom. The SMILES string of the molecule is COc1ccccc1C1CCOc2nc3ccc(Br)cn3c21. The number of methoxy groups -OCH3 is 1. The van der Waals surface area contributed by atoms with E-state index in [0.717, 1.165) is 33.9 Å². The quantitative estimate of drug-likeness (QED) is 0.693. The number of rotatable bonds is 2. The molecule has 5 heteroatoms. The number of aromatic nitrogens is 2. The molecule has 4 rings (SSSR count). The van der Waals surface area contributed by atoms with Gasteiger partial charge in [0.05, 0.1) is 19.4 Å². The van der Waals surface area contributed by atoms with Gasteiger partial charge in [-0.3, -0.25) is 4.40 Å². The van der Waals surface area contributed by atoms with E-state index in [0.29, 0.717) is 6.61 Å². The molecular weight excluding hydrogens is 344 g/mol. The number of pyridine rings is 1. The van der Waals surface area contributed by atoms with E-state index in [4.69, 9.17) is 9.47 Å². The van der Waals surface area contributed by atoms with Gasteiger partial charge in [0, 0.05) is 22.2 Å². The number of nitrogens with zero attached hydrogens (tertiary/aromatic N) is 2. The summed E-state index contributed by atoms with van der Waals surface area (Å²) in [6.07, 6.45) is 2.95. The fourth-order valence-corrected chi connectivity index (χ4v) is 3.44. The highest BCUT2D eigenvalue weighted by molar-refractivity contribution is 9.10. The molecule has 0 aliphatic carbocycles. The fourth-order valence-electron chi connectivity index (χ4n) is 3.11. The predicted molar refractivity (Wildman–Crippen MR) is 87.8 cm³/mol. The van der Waals surface area contributed by atoms with Gasteiger partial charge >= 0.3 is 0 Å². The van der Waals surface area contributed by atoms with E-state index >= 15 is 0 Å². The number of imidazole rings is 1. The summed E-state index contributed by atoms with van der Waals surface area (Å²) >= 11 is 3.54. The second-order valence-electron chi connectivity index (χ2n) is 5.31. The van der Waals surface area contributed by atoms with Crippen molar-refractivity contribution in [2.45, 2.75) is 12.3 Å². The minimum Gasteiger partial charge on any atom is -0.496 e. The average molecular weight is 359 g/mol. The van der Waals surface area contributed by atoms with Crippen LogP contribution in [0.2, 0.25) is 0 Å². The molecule has 1 atom stereocenters. The first-order valence-corrected chi connectivity index (χ1v) is 8.00. The van der Waals surface area contributed by atoms with Gasteiger partial charge in [-0.25, -0.2) is 0 Å². The molecule has 0 fully saturated rings. The van der Waals surface area contributed by atoms with Gasteiger partial charge in [0.2, 0.25) is 5.88 Å². The molecule has 0 radical (unpaired) electrons. The fraction of sp³-hybridized carbons (Fsp3) is 0.235. The van der Waals surface area contributed by atoms with E-state index in [1.165, 1.54) is 5.56 Å².